The van der Waals surface area contributed by atoms with Crippen molar-refractivity contribution in [3.63, 3.8) is 0 Å². The summed E-state index contributed by atoms with van der Waals surface area (Å²) in [5.41, 5.74) is 0. The molecule has 3 heterocycles. The molecule has 1 atom stereocenters. The first-order valence-electron chi connectivity index (χ1n) is 8.78. The summed E-state index contributed by atoms with van der Waals surface area (Å²) in [6.07, 6.45) is 6.29. The highest BCUT2D eigenvalue weighted by Gasteiger charge is 2.41. The normalized spacial score (nSPS) is 21.7. The van der Waals surface area contributed by atoms with Crippen LogP contribution in [0.2, 0.25) is 0 Å². The molecular formula is C17H20N4O3S3. The van der Waals surface area contributed by atoms with Crippen LogP contribution >= 0.6 is 23.1 Å². The molecule has 144 valence electrons. The van der Waals surface area contributed by atoms with Crippen LogP contribution in [-0.4, -0.2) is 63.7 Å². The lowest BCUT2D eigenvalue weighted by molar-refractivity contribution is -0.130. The van der Waals surface area contributed by atoms with E-state index in [-0.39, 0.29) is 35.2 Å². The van der Waals surface area contributed by atoms with E-state index in [1.54, 1.807) is 11.3 Å². The standard InChI is InChI=1S/C17H20N4O3S3/c22-16(21(12-3-4-12)13-7-9-27(23,24)11-13)10-26-17-18-15(19-20-17)6-5-14-2-1-8-25-14/h1-2,5-6,8,12-13H,3-4,7,9-11H2,(H,18,19,20)/b6-5+. The molecule has 2 fully saturated rings. The van der Waals surface area contributed by atoms with E-state index in [9.17, 15) is 13.2 Å². The van der Waals surface area contributed by atoms with Crippen LogP contribution in [0.5, 0.6) is 0 Å². The molecule has 1 saturated heterocycles. The van der Waals surface area contributed by atoms with Gasteiger partial charge in [-0.1, -0.05) is 17.8 Å². The predicted octanol–water partition coefficient (Wildman–Crippen LogP) is 2.31. The second kappa shape index (κ2) is 7.76. The third-order valence-electron chi connectivity index (χ3n) is 4.59. The van der Waals surface area contributed by atoms with Crippen molar-refractivity contribution < 1.29 is 13.2 Å². The Hall–Kier alpha value is -1.65. The minimum atomic E-state index is -3.01. The molecular weight excluding hydrogens is 404 g/mol. The Balaban J connectivity index is 1.34. The summed E-state index contributed by atoms with van der Waals surface area (Å²) in [7, 11) is -3.01. The van der Waals surface area contributed by atoms with Crippen LogP contribution in [-0.2, 0) is 14.6 Å². The number of thioether (sulfide) groups is 1. The smallest absolute Gasteiger partial charge is 0.233 e. The van der Waals surface area contributed by atoms with E-state index in [1.165, 1.54) is 11.8 Å². The molecule has 2 aromatic rings. The van der Waals surface area contributed by atoms with Gasteiger partial charge in [-0.05, 0) is 42.9 Å². The number of amides is 1. The number of carbonyl (C=O) groups is 1. The monoisotopic (exact) mass is 424 g/mol. The SMILES string of the molecule is O=C(CSc1n[nH]c(/C=C/c2cccs2)n1)N(C1CC1)C1CCS(=O)(=O)C1. The Labute approximate surface area is 166 Å². The summed E-state index contributed by atoms with van der Waals surface area (Å²) in [6, 6.07) is 4.03. The Bertz CT molecular complexity index is 933. The highest BCUT2D eigenvalue weighted by Crippen LogP contribution is 2.33. The van der Waals surface area contributed by atoms with Gasteiger partial charge in [0.2, 0.25) is 11.1 Å². The molecule has 1 N–H and O–H groups in total. The van der Waals surface area contributed by atoms with Crippen LogP contribution in [0.4, 0.5) is 0 Å². The molecule has 2 aliphatic rings. The van der Waals surface area contributed by atoms with Gasteiger partial charge < -0.3 is 4.90 Å². The van der Waals surface area contributed by atoms with Crippen LogP contribution in [0.3, 0.4) is 0 Å². The van der Waals surface area contributed by atoms with E-state index in [2.05, 4.69) is 15.2 Å². The molecule has 27 heavy (non-hydrogen) atoms. The fraction of sp³-hybridized carbons (Fsp3) is 0.471. The molecule has 0 aromatic carbocycles. The predicted molar refractivity (Wildman–Crippen MR) is 107 cm³/mol. The second-order valence-corrected chi connectivity index (χ2v) is 10.9. The van der Waals surface area contributed by atoms with E-state index in [0.29, 0.717) is 17.4 Å². The molecule has 0 spiro atoms. The van der Waals surface area contributed by atoms with E-state index in [4.69, 9.17) is 0 Å². The molecule has 1 aliphatic carbocycles. The first-order valence-corrected chi connectivity index (χ1v) is 12.5. The number of thiophene rings is 1. The number of nitrogens with zero attached hydrogens (tertiary/aromatic N) is 3. The first-order chi connectivity index (χ1) is 13.0. The topological polar surface area (TPSA) is 96.0 Å². The molecule has 1 amide bonds. The number of H-pyrrole nitrogens is 1. The van der Waals surface area contributed by atoms with Crippen molar-refractivity contribution in [2.24, 2.45) is 0 Å². The summed E-state index contributed by atoms with van der Waals surface area (Å²) in [5, 5.41) is 9.52. The summed E-state index contributed by atoms with van der Waals surface area (Å²) in [4.78, 5) is 20.0. The van der Waals surface area contributed by atoms with E-state index in [1.807, 2.05) is 34.6 Å². The number of sulfone groups is 1. The summed E-state index contributed by atoms with van der Waals surface area (Å²) in [6.45, 7) is 0. The molecule has 1 saturated carbocycles. The average Bonchev–Trinajstić information content (AvgIpc) is 3.02. The van der Waals surface area contributed by atoms with Gasteiger partial charge in [0.1, 0.15) is 5.82 Å². The second-order valence-electron chi connectivity index (χ2n) is 6.73. The van der Waals surface area contributed by atoms with E-state index >= 15 is 0 Å². The van der Waals surface area contributed by atoms with Crippen molar-refractivity contribution in [1.82, 2.24) is 20.1 Å². The number of carbonyl (C=O) groups excluding carboxylic acids is 1. The van der Waals surface area contributed by atoms with Gasteiger partial charge in [0.25, 0.3) is 0 Å². The van der Waals surface area contributed by atoms with Crippen molar-refractivity contribution in [3.05, 3.63) is 28.2 Å². The zero-order chi connectivity index (χ0) is 18.9. The van der Waals surface area contributed by atoms with Gasteiger partial charge >= 0.3 is 0 Å². The lowest BCUT2D eigenvalue weighted by atomic mass is 10.2. The summed E-state index contributed by atoms with van der Waals surface area (Å²) < 4.78 is 23.5. The Morgan fingerprint density at radius 1 is 1.33 bits per heavy atom. The Morgan fingerprint density at radius 2 is 2.19 bits per heavy atom. The van der Waals surface area contributed by atoms with Gasteiger partial charge in [0, 0.05) is 17.0 Å². The molecule has 2 aromatic heterocycles. The molecule has 0 bridgehead atoms. The highest BCUT2D eigenvalue weighted by atomic mass is 32.2. The quantitative estimate of drug-likeness (QED) is 0.685. The third kappa shape index (κ3) is 4.80. The van der Waals surface area contributed by atoms with Crippen molar-refractivity contribution in [2.75, 3.05) is 17.3 Å². The Kier molecular flexibility index (Phi) is 5.38. The van der Waals surface area contributed by atoms with Crippen molar-refractivity contribution in [1.29, 1.82) is 0 Å². The zero-order valence-corrected chi connectivity index (χ0v) is 17.0. The van der Waals surface area contributed by atoms with Gasteiger partial charge in [0.15, 0.2) is 9.84 Å². The zero-order valence-electron chi connectivity index (χ0n) is 14.6. The number of rotatable bonds is 7. The van der Waals surface area contributed by atoms with Gasteiger partial charge in [-0.2, -0.15) is 0 Å². The van der Waals surface area contributed by atoms with Crippen LogP contribution < -0.4 is 0 Å². The Morgan fingerprint density at radius 3 is 2.85 bits per heavy atom. The van der Waals surface area contributed by atoms with Crippen LogP contribution in [0, 0.1) is 0 Å². The van der Waals surface area contributed by atoms with E-state index < -0.39 is 9.84 Å². The fourth-order valence-electron chi connectivity index (χ4n) is 3.20. The lowest BCUT2D eigenvalue weighted by Gasteiger charge is -2.28. The average molecular weight is 425 g/mol. The van der Waals surface area contributed by atoms with Gasteiger partial charge in [-0.15, -0.1) is 16.4 Å². The number of nitrogens with one attached hydrogen (secondary N) is 1. The molecule has 1 aliphatic heterocycles. The minimum Gasteiger partial charge on any atom is -0.335 e. The maximum atomic E-state index is 12.7. The number of hydrogen-bond acceptors (Lipinski definition) is 7. The maximum absolute atomic E-state index is 12.7. The maximum Gasteiger partial charge on any atom is 0.233 e. The van der Waals surface area contributed by atoms with E-state index in [0.717, 1.165) is 17.7 Å². The number of hydrogen-bond donors (Lipinski definition) is 1. The van der Waals surface area contributed by atoms with Crippen LogP contribution in [0.15, 0.2) is 22.7 Å². The molecule has 0 radical (unpaired) electrons. The summed E-state index contributed by atoms with van der Waals surface area (Å²) >= 11 is 2.92. The number of aromatic amines is 1. The minimum absolute atomic E-state index is 0.0231. The molecule has 10 heteroatoms. The summed E-state index contributed by atoms with van der Waals surface area (Å²) in [5.74, 6) is 1.11. The molecule has 1 unspecified atom stereocenters. The number of aromatic nitrogens is 3. The van der Waals surface area contributed by atoms with Gasteiger partial charge in [-0.25, -0.2) is 13.4 Å². The van der Waals surface area contributed by atoms with Gasteiger partial charge in [-0.3, -0.25) is 9.89 Å². The molecule has 7 nitrogen and oxygen atoms in total. The van der Waals surface area contributed by atoms with Gasteiger partial charge in [0.05, 0.1) is 17.3 Å². The van der Waals surface area contributed by atoms with Crippen LogP contribution in [0.1, 0.15) is 30.0 Å². The third-order valence-corrected chi connectivity index (χ3v) is 8.01. The highest BCUT2D eigenvalue weighted by molar-refractivity contribution is 7.99. The van der Waals surface area contributed by atoms with Crippen molar-refractivity contribution in [2.45, 2.75) is 36.5 Å². The molecule has 4 rings (SSSR count). The largest absolute Gasteiger partial charge is 0.335 e. The van der Waals surface area contributed by atoms with Crippen molar-refractivity contribution in [3.8, 4) is 0 Å². The van der Waals surface area contributed by atoms with Crippen LogP contribution in [0.25, 0.3) is 12.2 Å². The fourth-order valence-corrected chi connectivity index (χ4v) is 6.20. The first kappa shape index (κ1) is 18.7. The lowest BCUT2D eigenvalue weighted by Crippen LogP contribution is -2.43. The van der Waals surface area contributed by atoms with Crippen molar-refractivity contribution >= 4 is 51.0 Å².